The first-order chi connectivity index (χ1) is 10.5. The van der Waals surface area contributed by atoms with Gasteiger partial charge in [0.25, 0.3) is 0 Å². The lowest BCUT2D eigenvalue weighted by Crippen LogP contribution is -2.22. The monoisotopic (exact) mass is 339 g/mol. The zero-order chi connectivity index (χ0) is 16.1. The molecular weight excluding hydrogens is 325 g/mol. The van der Waals surface area contributed by atoms with Gasteiger partial charge in [-0.2, -0.15) is 0 Å². The van der Waals surface area contributed by atoms with Crippen molar-refractivity contribution in [3.63, 3.8) is 0 Å². The normalized spacial score (nSPS) is 11.8. The summed E-state index contributed by atoms with van der Waals surface area (Å²) in [5, 5.41) is 2.95. The molecule has 0 aliphatic heterocycles. The van der Waals surface area contributed by atoms with Crippen molar-refractivity contribution in [2.45, 2.75) is 17.1 Å². The van der Waals surface area contributed by atoms with Crippen LogP contribution in [-0.2, 0) is 4.79 Å². The molecule has 0 aliphatic carbocycles. The number of hydrogen-bond acceptors (Lipinski definition) is 3. The Morgan fingerprint density at radius 2 is 1.95 bits per heavy atom. The number of amides is 1. The number of hydrogen-bond donors (Lipinski definition) is 1. The molecule has 1 N–H and O–H groups in total. The summed E-state index contributed by atoms with van der Waals surface area (Å²) in [5.74, 6) is 0.0525. The Hall–Kier alpha value is -1.72. The molecule has 1 amide bonds. The smallest absolute Gasteiger partial charge is 0.237 e. The Labute approximate surface area is 137 Å². The Morgan fingerprint density at radius 3 is 2.59 bits per heavy atom. The summed E-state index contributed by atoms with van der Waals surface area (Å²) < 4.78 is 18.1. The largest absolute Gasteiger partial charge is 0.495 e. The predicted molar refractivity (Wildman–Crippen MR) is 88.4 cm³/mol. The first kappa shape index (κ1) is 16.6. The molecular formula is C16H15ClFNO2S. The minimum absolute atomic E-state index is 0.185. The van der Waals surface area contributed by atoms with Gasteiger partial charge in [0.1, 0.15) is 11.6 Å². The van der Waals surface area contributed by atoms with E-state index in [-0.39, 0.29) is 17.0 Å². The van der Waals surface area contributed by atoms with Gasteiger partial charge in [0, 0.05) is 9.92 Å². The molecule has 0 bridgehead atoms. The number of thioether (sulfide) groups is 1. The summed E-state index contributed by atoms with van der Waals surface area (Å²) in [7, 11) is 1.52. The SMILES string of the molecule is COc1ccc(Cl)cc1NC(=O)C(C)Sc1ccc(F)cc1. The molecule has 0 fully saturated rings. The van der Waals surface area contributed by atoms with Crippen LogP contribution in [0.5, 0.6) is 5.75 Å². The van der Waals surface area contributed by atoms with E-state index in [0.29, 0.717) is 16.5 Å². The molecule has 1 atom stereocenters. The lowest BCUT2D eigenvalue weighted by Gasteiger charge is -2.14. The molecule has 0 heterocycles. The van der Waals surface area contributed by atoms with Crippen molar-refractivity contribution in [3.8, 4) is 5.75 Å². The highest BCUT2D eigenvalue weighted by molar-refractivity contribution is 8.00. The van der Waals surface area contributed by atoms with Crippen molar-refractivity contribution in [1.82, 2.24) is 0 Å². The summed E-state index contributed by atoms with van der Waals surface area (Å²) in [6.45, 7) is 1.78. The van der Waals surface area contributed by atoms with E-state index in [0.717, 1.165) is 4.90 Å². The van der Waals surface area contributed by atoms with Crippen LogP contribution in [-0.4, -0.2) is 18.3 Å². The van der Waals surface area contributed by atoms with Gasteiger partial charge in [-0.05, 0) is 49.4 Å². The van der Waals surface area contributed by atoms with Gasteiger partial charge in [0.2, 0.25) is 5.91 Å². The average Bonchev–Trinajstić information content (AvgIpc) is 2.49. The van der Waals surface area contributed by atoms with Crippen molar-refractivity contribution in [2.75, 3.05) is 12.4 Å². The van der Waals surface area contributed by atoms with Crippen LogP contribution in [0.3, 0.4) is 0 Å². The van der Waals surface area contributed by atoms with Gasteiger partial charge in [0.15, 0.2) is 0 Å². The number of anilines is 1. The van der Waals surface area contributed by atoms with Crippen molar-refractivity contribution in [2.24, 2.45) is 0 Å². The van der Waals surface area contributed by atoms with Gasteiger partial charge >= 0.3 is 0 Å². The fourth-order valence-corrected chi connectivity index (χ4v) is 2.82. The van der Waals surface area contributed by atoms with E-state index in [1.807, 2.05) is 0 Å². The Kier molecular flexibility index (Phi) is 5.69. The highest BCUT2D eigenvalue weighted by Gasteiger charge is 2.16. The molecule has 3 nitrogen and oxygen atoms in total. The number of ether oxygens (including phenoxy) is 1. The zero-order valence-electron chi connectivity index (χ0n) is 12.1. The van der Waals surface area contributed by atoms with Crippen LogP contribution in [0.1, 0.15) is 6.92 Å². The van der Waals surface area contributed by atoms with Gasteiger partial charge < -0.3 is 10.1 Å². The molecule has 0 saturated carbocycles. The number of carbonyl (C=O) groups excluding carboxylic acids is 1. The number of rotatable bonds is 5. The van der Waals surface area contributed by atoms with E-state index >= 15 is 0 Å². The van der Waals surface area contributed by atoms with E-state index in [1.165, 1.54) is 31.0 Å². The lowest BCUT2D eigenvalue weighted by atomic mass is 10.3. The quantitative estimate of drug-likeness (QED) is 0.808. The Morgan fingerprint density at radius 1 is 1.27 bits per heavy atom. The number of carbonyl (C=O) groups is 1. The van der Waals surface area contributed by atoms with Gasteiger partial charge in [-0.25, -0.2) is 4.39 Å². The molecule has 116 valence electrons. The molecule has 2 aromatic carbocycles. The van der Waals surface area contributed by atoms with Crippen LogP contribution in [0.15, 0.2) is 47.4 Å². The predicted octanol–water partition coefficient (Wildman–Crippen LogP) is 4.61. The van der Waals surface area contributed by atoms with E-state index < -0.39 is 0 Å². The van der Waals surface area contributed by atoms with Gasteiger partial charge in [-0.1, -0.05) is 11.6 Å². The second-order valence-electron chi connectivity index (χ2n) is 4.55. The fourth-order valence-electron chi connectivity index (χ4n) is 1.78. The summed E-state index contributed by atoms with van der Waals surface area (Å²) in [6, 6.07) is 11.0. The fraction of sp³-hybridized carbons (Fsp3) is 0.188. The minimum atomic E-state index is -0.353. The Balaban J connectivity index is 2.05. The lowest BCUT2D eigenvalue weighted by molar-refractivity contribution is -0.115. The Bertz CT molecular complexity index is 664. The standard InChI is InChI=1S/C16H15ClFNO2S/c1-10(22-13-6-4-12(18)5-7-13)16(20)19-14-9-11(17)3-8-15(14)21-2/h3-10H,1-2H3,(H,19,20). The summed E-state index contributed by atoms with van der Waals surface area (Å²) in [4.78, 5) is 13.1. The van der Waals surface area contributed by atoms with Gasteiger partial charge in [-0.3, -0.25) is 4.79 Å². The summed E-state index contributed by atoms with van der Waals surface area (Å²) in [6.07, 6.45) is 0. The zero-order valence-corrected chi connectivity index (χ0v) is 13.7. The molecule has 0 spiro atoms. The maximum Gasteiger partial charge on any atom is 0.237 e. The van der Waals surface area contributed by atoms with Gasteiger partial charge in [-0.15, -0.1) is 11.8 Å². The van der Waals surface area contributed by atoms with E-state index in [1.54, 1.807) is 37.3 Å². The first-order valence-corrected chi connectivity index (χ1v) is 7.82. The number of benzene rings is 2. The minimum Gasteiger partial charge on any atom is -0.495 e. The van der Waals surface area contributed by atoms with Crippen LogP contribution in [0.25, 0.3) is 0 Å². The van der Waals surface area contributed by atoms with Crippen LogP contribution >= 0.6 is 23.4 Å². The van der Waals surface area contributed by atoms with E-state index in [2.05, 4.69) is 5.32 Å². The third-order valence-corrected chi connectivity index (χ3v) is 4.26. The highest BCUT2D eigenvalue weighted by Crippen LogP contribution is 2.29. The highest BCUT2D eigenvalue weighted by atomic mass is 35.5. The molecule has 2 rings (SSSR count). The van der Waals surface area contributed by atoms with Crippen molar-refractivity contribution in [3.05, 3.63) is 53.3 Å². The van der Waals surface area contributed by atoms with Crippen LogP contribution in [0, 0.1) is 5.82 Å². The first-order valence-electron chi connectivity index (χ1n) is 6.56. The number of halogens is 2. The molecule has 0 aliphatic rings. The summed E-state index contributed by atoms with van der Waals surface area (Å²) in [5.41, 5.74) is 0.520. The van der Waals surface area contributed by atoms with Crippen LogP contribution in [0.2, 0.25) is 5.02 Å². The maximum atomic E-state index is 12.9. The van der Waals surface area contributed by atoms with E-state index in [9.17, 15) is 9.18 Å². The topological polar surface area (TPSA) is 38.3 Å². The molecule has 6 heteroatoms. The van der Waals surface area contributed by atoms with Crippen LogP contribution < -0.4 is 10.1 Å². The van der Waals surface area contributed by atoms with Crippen molar-refractivity contribution < 1.29 is 13.9 Å². The van der Waals surface area contributed by atoms with Gasteiger partial charge in [0.05, 0.1) is 18.0 Å². The van der Waals surface area contributed by atoms with Crippen molar-refractivity contribution >= 4 is 35.0 Å². The third kappa shape index (κ3) is 4.39. The molecule has 2 aromatic rings. The second kappa shape index (κ2) is 7.51. The number of nitrogens with one attached hydrogen (secondary N) is 1. The second-order valence-corrected chi connectivity index (χ2v) is 6.40. The molecule has 0 saturated heterocycles. The third-order valence-electron chi connectivity index (χ3n) is 2.92. The number of methoxy groups -OCH3 is 1. The van der Waals surface area contributed by atoms with E-state index in [4.69, 9.17) is 16.3 Å². The molecule has 0 aromatic heterocycles. The van der Waals surface area contributed by atoms with Crippen molar-refractivity contribution in [1.29, 1.82) is 0 Å². The molecule has 22 heavy (non-hydrogen) atoms. The summed E-state index contributed by atoms with van der Waals surface area (Å²) >= 11 is 7.28. The molecule has 1 unspecified atom stereocenters. The van der Waals surface area contributed by atoms with Crippen LogP contribution in [0.4, 0.5) is 10.1 Å². The maximum absolute atomic E-state index is 12.9. The molecule has 0 radical (unpaired) electrons. The average molecular weight is 340 g/mol.